The molecule has 1 aromatic heterocycles. The maximum absolute atomic E-state index is 11.7. The lowest BCUT2D eigenvalue weighted by molar-refractivity contribution is -0.132. The molecule has 0 aliphatic carbocycles. The number of carbonyl (C=O) groups excluding carboxylic acids is 1. The Balaban J connectivity index is 2.46. The number of hydrogen-bond acceptors (Lipinski definition) is 4. The molecule has 0 aliphatic heterocycles. The Hall–Kier alpha value is -1.43. The minimum Gasteiger partial charge on any atom is -0.337 e. The molecular formula is C9H17N5O. The van der Waals surface area contributed by atoms with Crippen LogP contribution in [0.15, 0.2) is 6.33 Å². The summed E-state index contributed by atoms with van der Waals surface area (Å²) in [5.74, 6) is 0.600. The summed E-state index contributed by atoms with van der Waals surface area (Å²) in [5, 5.41) is 6.41. The number of H-pyrrole nitrogens is 1. The van der Waals surface area contributed by atoms with Crippen molar-refractivity contribution in [1.29, 1.82) is 0 Å². The monoisotopic (exact) mass is 211 g/mol. The molecule has 0 spiro atoms. The van der Waals surface area contributed by atoms with Gasteiger partial charge in [-0.2, -0.15) is 5.10 Å². The van der Waals surface area contributed by atoms with E-state index >= 15 is 0 Å². The standard InChI is InChI=1S/C9H17N5O/c1-3-4-7(10)9(15)14(2)5-8-11-6-12-13-8/h6-7H,3-5,10H2,1-2H3,(H,11,12,13). The Morgan fingerprint density at radius 2 is 2.47 bits per heavy atom. The molecule has 84 valence electrons. The molecule has 3 N–H and O–H groups in total. The molecule has 0 aromatic carbocycles. The van der Waals surface area contributed by atoms with Crippen LogP contribution in [-0.2, 0) is 11.3 Å². The fourth-order valence-corrected chi connectivity index (χ4v) is 1.33. The Morgan fingerprint density at radius 1 is 1.73 bits per heavy atom. The number of rotatable bonds is 5. The number of amides is 1. The lowest BCUT2D eigenvalue weighted by Crippen LogP contribution is -2.41. The van der Waals surface area contributed by atoms with Gasteiger partial charge in [0, 0.05) is 7.05 Å². The van der Waals surface area contributed by atoms with Gasteiger partial charge in [0.25, 0.3) is 0 Å². The molecule has 0 radical (unpaired) electrons. The summed E-state index contributed by atoms with van der Waals surface area (Å²) in [6, 6.07) is -0.414. The highest BCUT2D eigenvalue weighted by Gasteiger charge is 2.17. The van der Waals surface area contributed by atoms with Gasteiger partial charge in [0.2, 0.25) is 5.91 Å². The van der Waals surface area contributed by atoms with Crippen LogP contribution in [0.1, 0.15) is 25.6 Å². The van der Waals surface area contributed by atoms with Crippen molar-refractivity contribution in [2.75, 3.05) is 7.05 Å². The highest BCUT2D eigenvalue weighted by atomic mass is 16.2. The van der Waals surface area contributed by atoms with E-state index in [2.05, 4.69) is 15.2 Å². The van der Waals surface area contributed by atoms with Crippen LogP contribution in [0.5, 0.6) is 0 Å². The molecule has 1 aromatic rings. The van der Waals surface area contributed by atoms with E-state index in [1.165, 1.54) is 6.33 Å². The van der Waals surface area contributed by atoms with Gasteiger partial charge >= 0.3 is 0 Å². The maximum Gasteiger partial charge on any atom is 0.239 e. The van der Waals surface area contributed by atoms with Gasteiger partial charge in [0.1, 0.15) is 12.2 Å². The summed E-state index contributed by atoms with van der Waals surface area (Å²) in [5.41, 5.74) is 5.72. The van der Waals surface area contributed by atoms with Gasteiger partial charge in [-0.1, -0.05) is 13.3 Å². The number of carbonyl (C=O) groups is 1. The largest absolute Gasteiger partial charge is 0.337 e. The van der Waals surface area contributed by atoms with Crippen LogP contribution in [0.4, 0.5) is 0 Å². The van der Waals surface area contributed by atoms with Gasteiger partial charge in [-0.15, -0.1) is 0 Å². The summed E-state index contributed by atoms with van der Waals surface area (Å²) in [7, 11) is 1.71. The summed E-state index contributed by atoms with van der Waals surface area (Å²) in [4.78, 5) is 17.2. The molecule has 0 saturated heterocycles. The SMILES string of the molecule is CCCC(N)C(=O)N(C)Cc1ncn[nH]1. The topological polar surface area (TPSA) is 87.9 Å². The normalized spacial score (nSPS) is 12.5. The van der Waals surface area contributed by atoms with Gasteiger partial charge in [0.05, 0.1) is 12.6 Å². The third-order valence-electron chi connectivity index (χ3n) is 2.14. The van der Waals surface area contributed by atoms with Crippen molar-refractivity contribution in [2.45, 2.75) is 32.4 Å². The molecule has 15 heavy (non-hydrogen) atoms. The fraction of sp³-hybridized carbons (Fsp3) is 0.667. The van der Waals surface area contributed by atoms with Crippen molar-refractivity contribution in [1.82, 2.24) is 20.1 Å². The smallest absolute Gasteiger partial charge is 0.239 e. The van der Waals surface area contributed by atoms with Gasteiger partial charge in [-0.05, 0) is 6.42 Å². The van der Waals surface area contributed by atoms with Crippen LogP contribution in [-0.4, -0.2) is 39.1 Å². The molecule has 1 amide bonds. The number of nitrogens with one attached hydrogen (secondary N) is 1. The van der Waals surface area contributed by atoms with Gasteiger partial charge in [-0.3, -0.25) is 9.89 Å². The Morgan fingerprint density at radius 3 is 3.00 bits per heavy atom. The van der Waals surface area contributed by atoms with Crippen molar-refractivity contribution < 1.29 is 4.79 Å². The Labute approximate surface area is 88.9 Å². The quantitative estimate of drug-likeness (QED) is 0.711. The van der Waals surface area contributed by atoms with Crippen LogP contribution >= 0.6 is 0 Å². The molecule has 1 rings (SSSR count). The number of nitrogens with two attached hydrogens (primary N) is 1. The van der Waals surface area contributed by atoms with Crippen molar-refractivity contribution in [2.24, 2.45) is 5.73 Å². The number of aromatic nitrogens is 3. The molecule has 0 saturated carbocycles. The third-order valence-corrected chi connectivity index (χ3v) is 2.14. The first kappa shape index (κ1) is 11.6. The summed E-state index contributed by atoms with van der Waals surface area (Å²) >= 11 is 0. The average Bonchev–Trinajstić information content (AvgIpc) is 2.69. The van der Waals surface area contributed by atoms with Gasteiger partial charge < -0.3 is 10.6 Å². The van der Waals surface area contributed by atoms with Crippen LogP contribution < -0.4 is 5.73 Å². The van der Waals surface area contributed by atoms with E-state index in [-0.39, 0.29) is 5.91 Å². The molecule has 6 heteroatoms. The lowest BCUT2D eigenvalue weighted by Gasteiger charge is -2.19. The first-order valence-corrected chi connectivity index (χ1v) is 5.00. The van der Waals surface area contributed by atoms with Crippen molar-refractivity contribution in [3.63, 3.8) is 0 Å². The fourth-order valence-electron chi connectivity index (χ4n) is 1.33. The van der Waals surface area contributed by atoms with Crippen LogP contribution in [0.2, 0.25) is 0 Å². The van der Waals surface area contributed by atoms with E-state index in [4.69, 9.17) is 5.73 Å². The average molecular weight is 211 g/mol. The predicted molar refractivity (Wildman–Crippen MR) is 55.7 cm³/mol. The minimum atomic E-state index is -0.414. The first-order chi connectivity index (χ1) is 7.15. The number of hydrogen-bond donors (Lipinski definition) is 2. The summed E-state index contributed by atoms with van der Waals surface area (Å²) in [6.45, 7) is 2.42. The molecule has 6 nitrogen and oxygen atoms in total. The second-order valence-corrected chi connectivity index (χ2v) is 3.52. The van der Waals surface area contributed by atoms with Crippen LogP contribution in [0.25, 0.3) is 0 Å². The van der Waals surface area contributed by atoms with E-state index in [9.17, 15) is 4.79 Å². The van der Waals surface area contributed by atoms with Crippen LogP contribution in [0, 0.1) is 0 Å². The predicted octanol–water partition coefficient (Wildman–Crippen LogP) is -0.109. The highest BCUT2D eigenvalue weighted by Crippen LogP contribution is 2.01. The maximum atomic E-state index is 11.7. The summed E-state index contributed by atoms with van der Waals surface area (Å²) in [6.07, 6.45) is 3.03. The van der Waals surface area contributed by atoms with E-state index in [0.717, 1.165) is 6.42 Å². The van der Waals surface area contributed by atoms with E-state index < -0.39 is 6.04 Å². The second-order valence-electron chi connectivity index (χ2n) is 3.52. The third kappa shape index (κ3) is 3.32. The second kappa shape index (κ2) is 5.45. The molecule has 0 aliphatic rings. The molecule has 1 unspecified atom stereocenters. The number of aromatic amines is 1. The zero-order valence-corrected chi connectivity index (χ0v) is 9.10. The molecule has 0 fully saturated rings. The minimum absolute atomic E-state index is 0.0618. The Kier molecular flexibility index (Phi) is 4.23. The molecule has 0 bridgehead atoms. The van der Waals surface area contributed by atoms with Gasteiger partial charge in [-0.25, -0.2) is 4.98 Å². The van der Waals surface area contributed by atoms with E-state index in [1.54, 1.807) is 11.9 Å². The molecule has 1 heterocycles. The number of likely N-dealkylation sites (N-methyl/N-ethyl adjacent to an activating group) is 1. The molecule has 1 atom stereocenters. The van der Waals surface area contributed by atoms with E-state index in [0.29, 0.717) is 18.8 Å². The zero-order valence-electron chi connectivity index (χ0n) is 9.10. The first-order valence-electron chi connectivity index (χ1n) is 5.00. The van der Waals surface area contributed by atoms with Crippen molar-refractivity contribution in [3.05, 3.63) is 12.2 Å². The summed E-state index contributed by atoms with van der Waals surface area (Å²) < 4.78 is 0. The Bertz CT molecular complexity index is 297. The molecular weight excluding hydrogens is 194 g/mol. The highest BCUT2D eigenvalue weighted by molar-refractivity contribution is 5.81. The van der Waals surface area contributed by atoms with Crippen molar-refractivity contribution >= 4 is 5.91 Å². The zero-order chi connectivity index (χ0) is 11.3. The van der Waals surface area contributed by atoms with E-state index in [1.807, 2.05) is 6.92 Å². The van der Waals surface area contributed by atoms with Crippen molar-refractivity contribution in [3.8, 4) is 0 Å². The number of nitrogens with zero attached hydrogens (tertiary/aromatic N) is 3. The van der Waals surface area contributed by atoms with Crippen LogP contribution in [0.3, 0.4) is 0 Å². The lowest BCUT2D eigenvalue weighted by atomic mass is 10.1. The van der Waals surface area contributed by atoms with Gasteiger partial charge in [0.15, 0.2) is 0 Å².